The monoisotopic (exact) mass is 347 g/mol. The first-order valence-electron chi connectivity index (χ1n) is 7.58. The lowest BCUT2D eigenvalue weighted by atomic mass is 9.87. The van der Waals surface area contributed by atoms with Gasteiger partial charge in [0.2, 0.25) is 11.9 Å². The highest BCUT2D eigenvalue weighted by molar-refractivity contribution is 7.07. The third-order valence-corrected chi connectivity index (χ3v) is 4.58. The summed E-state index contributed by atoms with van der Waals surface area (Å²) < 4.78 is 0. The number of amides is 1. The summed E-state index contributed by atoms with van der Waals surface area (Å²) in [4.78, 5) is 37.9. The van der Waals surface area contributed by atoms with Crippen LogP contribution in [0, 0.1) is 5.92 Å². The van der Waals surface area contributed by atoms with E-state index < -0.39 is 17.9 Å². The minimum absolute atomic E-state index is 0.0544. The molecule has 0 aliphatic carbocycles. The molecule has 24 heavy (non-hydrogen) atoms. The number of nitrogens with zero attached hydrogens (tertiary/aromatic N) is 4. The lowest BCUT2D eigenvalue weighted by molar-refractivity contribution is -0.152. The van der Waals surface area contributed by atoms with Crippen LogP contribution in [-0.2, 0) is 9.59 Å². The fourth-order valence-corrected chi connectivity index (χ4v) is 3.47. The van der Waals surface area contributed by atoms with Crippen molar-refractivity contribution in [2.45, 2.75) is 18.9 Å². The van der Waals surface area contributed by atoms with E-state index in [2.05, 4.69) is 20.3 Å². The number of carbonyl (C=O) groups excluding carboxylic acids is 1. The highest BCUT2D eigenvalue weighted by Crippen LogP contribution is 2.36. The van der Waals surface area contributed by atoms with Crippen molar-refractivity contribution in [1.82, 2.24) is 19.9 Å². The zero-order chi connectivity index (χ0) is 16.9. The van der Waals surface area contributed by atoms with Crippen molar-refractivity contribution in [3.05, 3.63) is 35.0 Å². The van der Waals surface area contributed by atoms with Crippen LogP contribution in [0.25, 0.3) is 0 Å². The topological polar surface area (TPSA) is 108 Å². The van der Waals surface area contributed by atoms with E-state index in [4.69, 9.17) is 0 Å². The van der Waals surface area contributed by atoms with Gasteiger partial charge in [-0.3, -0.25) is 9.59 Å². The third kappa shape index (κ3) is 3.51. The molecular weight excluding hydrogens is 330 g/mol. The van der Waals surface area contributed by atoms with Gasteiger partial charge >= 0.3 is 5.97 Å². The molecule has 1 saturated heterocycles. The molecule has 2 aromatic rings. The van der Waals surface area contributed by atoms with Crippen LogP contribution < -0.4 is 5.32 Å². The summed E-state index contributed by atoms with van der Waals surface area (Å²) in [7, 11) is 0. The predicted molar refractivity (Wildman–Crippen MR) is 87.4 cm³/mol. The molecule has 0 aromatic carbocycles. The average molecular weight is 347 g/mol. The molecule has 9 heteroatoms. The molecule has 126 valence electrons. The van der Waals surface area contributed by atoms with E-state index in [1.165, 1.54) is 11.3 Å². The minimum atomic E-state index is -0.898. The lowest BCUT2D eigenvalue weighted by Crippen LogP contribution is -2.47. The second-order valence-corrected chi connectivity index (χ2v) is 6.15. The van der Waals surface area contributed by atoms with Crippen LogP contribution in [-0.4, -0.2) is 49.9 Å². The normalized spacial score (nSPS) is 20.8. The molecule has 2 N–H and O–H groups in total. The van der Waals surface area contributed by atoms with Gasteiger partial charge < -0.3 is 15.3 Å². The van der Waals surface area contributed by atoms with Crippen LogP contribution in [0.15, 0.2) is 29.4 Å². The molecule has 3 rings (SSSR count). The predicted octanol–water partition coefficient (Wildman–Crippen LogP) is 1.41. The van der Waals surface area contributed by atoms with E-state index in [0.717, 1.165) is 0 Å². The SMILES string of the molecule is O=C(O)[C@H]1CCC(=O)N(CCNc2ncccn2)[C@@H]1c1cscn1. The number of thiazole rings is 1. The molecule has 0 saturated carbocycles. The van der Waals surface area contributed by atoms with Gasteiger partial charge in [-0.15, -0.1) is 11.3 Å². The molecule has 8 nitrogen and oxygen atoms in total. The van der Waals surface area contributed by atoms with Crippen molar-refractivity contribution in [2.24, 2.45) is 5.92 Å². The highest BCUT2D eigenvalue weighted by atomic mass is 32.1. The van der Waals surface area contributed by atoms with Crippen molar-refractivity contribution >= 4 is 29.2 Å². The second-order valence-electron chi connectivity index (χ2n) is 5.43. The second kappa shape index (κ2) is 7.35. The number of anilines is 1. The largest absolute Gasteiger partial charge is 0.481 e. The first-order valence-corrected chi connectivity index (χ1v) is 8.52. The number of likely N-dealkylation sites (tertiary alicyclic amines) is 1. The Hall–Kier alpha value is -2.55. The maximum Gasteiger partial charge on any atom is 0.309 e. The van der Waals surface area contributed by atoms with E-state index in [9.17, 15) is 14.7 Å². The third-order valence-electron chi connectivity index (χ3n) is 3.98. The zero-order valence-electron chi connectivity index (χ0n) is 12.8. The molecule has 1 amide bonds. The number of nitrogens with one attached hydrogen (secondary N) is 1. The molecule has 1 aliphatic rings. The van der Waals surface area contributed by atoms with Crippen molar-refractivity contribution < 1.29 is 14.7 Å². The van der Waals surface area contributed by atoms with Gasteiger partial charge in [0, 0.05) is 37.3 Å². The fraction of sp³-hybridized carbons (Fsp3) is 0.400. The molecule has 0 bridgehead atoms. The Morgan fingerprint density at radius 3 is 2.83 bits per heavy atom. The maximum atomic E-state index is 12.4. The van der Waals surface area contributed by atoms with Gasteiger partial charge in [0.25, 0.3) is 0 Å². The van der Waals surface area contributed by atoms with Gasteiger partial charge in [-0.05, 0) is 12.5 Å². The smallest absolute Gasteiger partial charge is 0.309 e. The van der Waals surface area contributed by atoms with Crippen molar-refractivity contribution in [1.29, 1.82) is 0 Å². The summed E-state index contributed by atoms with van der Waals surface area (Å²) in [6.45, 7) is 0.797. The molecular formula is C15H17N5O3S. The maximum absolute atomic E-state index is 12.4. The summed E-state index contributed by atoms with van der Waals surface area (Å²) in [6, 6.07) is 1.18. The summed E-state index contributed by atoms with van der Waals surface area (Å²) in [5.41, 5.74) is 2.29. The summed E-state index contributed by atoms with van der Waals surface area (Å²) >= 11 is 1.39. The van der Waals surface area contributed by atoms with Crippen LogP contribution >= 0.6 is 11.3 Å². The molecule has 1 aliphatic heterocycles. The Bertz CT molecular complexity index is 694. The Labute approximate surface area is 142 Å². The molecule has 3 heterocycles. The minimum Gasteiger partial charge on any atom is -0.481 e. The van der Waals surface area contributed by atoms with Crippen molar-refractivity contribution in [2.75, 3.05) is 18.4 Å². The van der Waals surface area contributed by atoms with Gasteiger partial charge in [-0.25, -0.2) is 15.0 Å². The summed E-state index contributed by atoms with van der Waals surface area (Å²) in [5.74, 6) is -1.12. The van der Waals surface area contributed by atoms with Crippen LogP contribution in [0.1, 0.15) is 24.6 Å². The van der Waals surface area contributed by atoms with Gasteiger partial charge in [0.1, 0.15) is 0 Å². The standard InChI is InChI=1S/C15H17N5O3S/c21-12-3-2-10(14(22)23)13(11-8-24-9-19-11)20(12)7-6-18-15-16-4-1-5-17-15/h1,4-5,8-10,13H,2-3,6-7H2,(H,22,23)(H,16,17,18)/t10-,13-/m0/s1. The number of carboxylic acid groups (broad SMARTS) is 1. The van der Waals surface area contributed by atoms with Crippen LogP contribution in [0.3, 0.4) is 0 Å². The molecule has 0 spiro atoms. The number of carbonyl (C=O) groups is 2. The van der Waals surface area contributed by atoms with Crippen LogP contribution in [0.5, 0.6) is 0 Å². The van der Waals surface area contributed by atoms with Crippen molar-refractivity contribution in [3.8, 4) is 0 Å². The number of carboxylic acids is 1. The number of aliphatic carboxylic acids is 1. The van der Waals surface area contributed by atoms with E-state index in [0.29, 0.717) is 31.2 Å². The first kappa shape index (κ1) is 16.3. The fourth-order valence-electron chi connectivity index (χ4n) is 2.89. The lowest BCUT2D eigenvalue weighted by Gasteiger charge is -2.38. The average Bonchev–Trinajstić information content (AvgIpc) is 3.11. The van der Waals surface area contributed by atoms with Crippen molar-refractivity contribution in [3.63, 3.8) is 0 Å². The van der Waals surface area contributed by atoms with E-state index in [1.54, 1.807) is 34.3 Å². The number of rotatable bonds is 6. The molecule has 0 unspecified atom stereocenters. The Kier molecular flexibility index (Phi) is 4.99. The number of piperidine rings is 1. The highest BCUT2D eigenvalue weighted by Gasteiger charge is 2.41. The molecule has 1 fully saturated rings. The van der Waals surface area contributed by atoms with E-state index >= 15 is 0 Å². The Balaban J connectivity index is 1.74. The quantitative estimate of drug-likeness (QED) is 0.813. The van der Waals surface area contributed by atoms with Crippen LogP contribution in [0.2, 0.25) is 0 Å². The van der Waals surface area contributed by atoms with E-state index in [-0.39, 0.29) is 12.3 Å². The number of hydrogen-bond acceptors (Lipinski definition) is 7. The summed E-state index contributed by atoms with van der Waals surface area (Å²) in [6.07, 6.45) is 3.82. The molecule has 2 atom stereocenters. The van der Waals surface area contributed by atoms with Gasteiger partial charge in [-0.1, -0.05) is 0 Å². The molecule has 0 radical (unpaired) electrons. The first-order chi connectivity index (χ1) is 11.7. The molecule has 2 aromatic heterocycles. The zero-order valence-corrected chi connectivity index (χ0v) is 13.6. The van der Waals surface area contributed by atoms with E-state index in [1.807, 2.05) is 0 Å². The Morgan fingerprint density at radius 2 is 2.17 bits per heavy atom. The van der Waals surface area contributed by atoms with Gasteiger partial charge in [0.05, 0.1) is 23.2 Å². The number of aromatic nitrogens is 3. The summed E-state index contributed by atoms with van der Waals surface area (Å²) in [5, 5.41) is 14.4. The van der Waals surface area contributed by atoms with Gasteiger partial charge in [0.15, 0.2) is 0 Å². The van der Waals surface area contributed by atoms with Gasteiger partial charge in [-0.2, -0.15) is 0 Å². The van der Waals surface area contributed by atoms with Crippen LogP contribution in [0.4, 0.5) is 5.95 Å². The number of hydrogen-bond donors (Lipinski definition) is 2. The Morgan fingerprint density at radius 1 is 1.38 bits per heavy atom.